The molecule has 0 radical (unpaired) electrons. The summed E-state index contributed by atoms with van der Waals surface area (Å²) in [6.07, 6.45) is 1.30. The zero-order valence-corrected chi connectivity index (χ0v) is 5.17. The van der Waals surface area contributed by atoms with Crippen molar-refractivity contribution in [2.24, 2.45) is 5.73 Å². The highest BCUT2D eigenvalue weighted by Crippen LogP contribution is 2.10. The number of rotatable bonds is 2. The van der Waals surface area contributed by atoms with Gasteiger partial charge in [-0.25, -0.2) is 4.68 Å². The minimum Gasteiger partial charge on any atom is -0.325 e. The van der Waals surface area contributed by atoms with E-state index in [1.807, 2.05) is 0 Å². The highest BCUT2D eigenvalue weighted by Gasteiger charge is 2.08. The normalized spacial score (nSPS) is 10.8. The summed E-state index contributed by atoms with van der Waals surface area (Å²) in [7, 11) is 0. The van der Waals surface area contributed by atoms with Crippen LogP contribution in [0.3, 0.4) is 0 Å². The van der Waals surface area contributed by atoms with Crippen LogP contribution in [0.25, 0.3) is 0 Å². The van der Waals surface area contributed by atoms with Gasteiger partial charge in [-0.15, -0.1) is 0 Å². The highest BCUT2D eigenvalue weighted by molar-refractivity contribution is 4.99. The highest BCUT2D eigenvalue weighted by atomic mass is 19.3. The van der Waals surface area contributed by atoms with Crippen LogP contribution in [-0.4, -0.2) is 9.78 Å². The molecule has 1 aromatic heterocycles. The van der Waals surface area contributed by atoms with Crippen molar-refractivity contribution >= 4 is 0 Å². The van der Waals surface area contributed by atoms with Crippen LogP contribution in [0.15, 0.2) is 12.3 Å². The molecule has 0 atom stereocenters. The molecule has 1 rings (SSSR count). The third kappa shape index (κ3) is 1.13. The number of nitrogens with two attached hydrogens (primary N) is 1. The maximum absolute atomic E-state index is 11.9. The van der Waals surface area contributed by atoms with Crippen molar-refractivity contribution in [3.05, 3.63) is 18.0 Å². The Morgan fingerprint density at radius 3 is 2.80 bits per heavy atom. The fraction of sp³-hybridized carbons (Fsp3) is 0.400. The molecule has 0 aromatic carbocycles. The standard InChI is InChI=1S/C5H7F2N3/c6-5(7)10-4(3-8)1-2-9-10/h1-2,5H,3,8H2. The van der Waals surface area contributed by atoms with E-state index in [4.69, 9.17) is 5.73 Å². The van der Waals surface area contributed by atoms with E-state index in [0.29, 0.717) is 10.4 Å². The first-order valence-electron chi connectivity index (χ1n) is 2.76. The average molecular weight is 147 g/mol. The summed E-state index contributed by atoms with van der Waals surface area (Å²) in [6, 6.07) is 1.46. The first-order valence-corrected chi connectivity index (χ1v) is 2.76. The van der Waals surface area contributed by atoms with Gasteiger partial charge in [-0.2, -0.15) is 13.9 Å². The number of hydrogen-bond donors (Lipinski definition) is 1. The van der Waals surface area contributed by atoms with E-state index in [0.717, 1.165) is 0 Å². The fourth-order valence-electron chi connectivity index (χ4n) is 0.679. The first kappa shape index (κ1) is 7.14. The number of hydrogen-bond acceptors (Lipinski definition) is 2. The summed E-state index contributed by atoms with van der Waals surface area (Å²) in [5.74, 6) is 0. The van der Waals surface area contributed by atoms with Crippen LogP contribution < -0.4 is 5.73 Å². The molecule has 5 heteroatoms. The van der Waals surface area contributed by atoms with Gasteiger partial charge < -0.3 is 5.73 Å². The molecule has 2 N–H and O–H groups in total. The summed E-state index contributed by atoms with van der Waals surface area (Å²) in [6.45, 7) is -2.50. The SMILES string of the molecule is NCc1ccnn1C(F)F. The van der Waals surface area contributed by atoms with Crippen LogP contribution in [0.1, 0.15) is 12.2 Å². The molecule has 0 unspecified atom stereocenters. The Kier molecular flexibility index (Phi) is 1.96. The molecule has 56 valence electrons. The van der Waals surface area contributed by atoms with Crippen LogP contribution in [0, 0.1) is 0 Å². The number of halogens is 2. The van der Waals surface area contributed by atoms with Gasteiger partial charge >= 0.3 is 6.55 Å². The lowest BCUT2D eigenvalue weighted by Gasteiger charge is -2.01. The van der Waals surface area contributed by atoms with Crippen LogP contribution in [0.5, 0.6) is 0 Å². The van der Waals surface area contributed by atoms with Gasteiger partial charge in [0.1, 0.15) is 0 Å². The van der Waals surface area contributed by atoms with Crippen molar-refractivity contribution in [2.75, 3.05) is 0 Å². The van der Waals surface area contributed by atoms with Gasteiger partial charge in [0, 0.05) is 12.7 Å². The van der Waals surface area contributed by atoms with Crippen LogP contribution in [-0.2, 0) is 6.54 Å². The molecule has 0 aliphatic rings. The Morgan fingerprint density at radius 2 is 2.40 bits per heavy atom. The lowest BCUT2D eigenvalue weighted by molar-refractivity contribution is 0.0535. The van der Waals surface area contributed by atoms with Gasteiger partial charge in [0.2, 0.25) is 0 Å². The molecular weight excluding hydrogens is 140 g/mol. The monoisotopic (exact) mass is 147 g/mol. The van der Waals surface area contributed by atoms with Gasteiger partial charge in [0.05, 0.1) is 5.69 Å². The van der Waals surface area contributed by atoms with E-state index in [-0.39, 0.29) is 6.54 Å². The molecule has 0 fully saturated rings. The summed E-state index contributed by atoms with van der Waals surface area (Å²) in [5, 5.41) is 3.37. The van der Waals surface area contributed by atoms with Gasteiger partial charge in [-0.05, 0) is 6.07 Å². The van der Waals surface area contributed by atoms with Crippen molar-refractivity contribution in [2.45, 2.75) is 13.1 Å². The first-order chi connectivity index (χ1) is 4.75. The molecule has 1 heterocycles. The van der Waals surface area contributed by atoms with Gasteiger partial charge in [-0.3, -0.25) is 0 Å². The average Bonchev–Trinajstić information content (AvgIpc) is 2.33. The van der Waals surface area contributed by atoms with E-state index in [1.165, 1.54) is 12.3 Å². The summed E-state index contributed by atoms with van der Waals surface area (Å²) >= 11 is 0. The van der Waals surface area contributed by atoms with E-state index in [9.17, 15) is 8.78 Å². The zero-order valence-electron chi connectivity index (χ0n) is 5.17. The summed E-state index contributed by atoms with van der Waals surface area (Å²) in [4.78, 5) is 0. The second kappa shape index (κ2) is 2.74. The van der Waals surface area contributed by atoms with Gasteiger partial charge in [-0.1, -0.05) is 0 Å². The molecule has 0 spiro atoms. The van der Waals surface area contributed by atoms with Crippen molar-refractivity contribution in [1.29, 1.82) is 0 Å². The maximum Gasteiger partial charge on any atom is 0.333 e. The molecule has 0 aliphatic carbocycles. The number of aromatic nitrogens is 2. The third-order valence-corrected chi connectivity index (χ3v) is 1.15. The third-order valence-electron chi connectivity index (χ3n) is 1.15. The van der Waals surface area contributed by atoms with Crippen molar-refractivity contribution < 1.29 is 8.78 Å². The molecule has 0 aliphatic heterocycles. The molecule has 0 saturated carbocycles. The Labute approximate surface area is 56.4 Å². The molecule has 0 amide bonds. The number of alkyl halides is 2. The molecular formula is C5H7F2N3. The van der Waals surface area contributed by atoms with E-state index in [1.54, 1.807) is 0 Å². The Hall–Kier alpha value is -0.970. The van der Waals surface area contributed by atoms with Crippen molar-refractivity contribution in [1.82, 2.24) is 9.78 Å². The Balaban J connectivity index is 2.90. The zero-order chi connectivity index (χ0) is 7.56. The van der Waals surface area contributed by atoms with E-state index >= 15 is 0 Å². The molecule has 0 saturated heterocycles. The predicted octanol–water partition coefficient (Wildman–Crippen LogP) is 0.737. The second-order valence-electron chi connectivity index (χ2n) is 1.75. The minimum atomic E-state index is -2.59. The van der Waals surface area contributed by atoms with Crippen LogP contribution in [0.2, 0.25) is 0 Å². The predicted molar refractivity (Wildman–Crippen MR) is 31.4 cm³/mol. The van der Waals surface area contributed by atoms with Gasteiger partial charge in [0.15, 0.2) is 0 Å². The Bertz CT molecular complexity index is 208. The Morgan fingerprint density at radius 1 is 1.70 bits per heavy atom. The lowest BCUT2D eigenvalue weighted by atomic mass is 10.4. The van der Waals surface area contributed by atoms with E-state index < -0.39 is 6.55 Å². The van der Waals surface area contributed by atoms with Crippen LogP contribution in [0.4, 0.5) is 8.78 Å². The topological polar surface area (TPSA) is 43.8 Å². The molecule has 3 nitrogen and oxygen atoms in total. The van der Waals surface area contributed by atoms with Crippen molar-refractivity contribution in [3.63, 3.8) is 0 Å². The smallest absolute Gasteiger partial charge is 0.325 e. The number of nitrogens with zero attached hydrogens (tertiary/aromatic N) is 2. The van der Waals surface area contributed by atoms with E-state index in [2.05, 4.69) is 5.10 Å². The summed E-state index contributed by atoms with van der Waals surface area (Å²) < 4.78 is 24.4. The van der Waals surface area contributed by atoms with Crippen molar-refractivity contribution in [3.8, 4) is 0 Å². The molecule has 10 heavy (non-hydrogen) atoms. The lowest BCUT2D eigenvalue weighted by Crippen LogP contribution is -2.08. The molecule has 1 aromatic rings. The largest absolute Gasteiger partial charge is 0.333 e. The summed E-state index contributed by atoms with van der Waals surface area (Å²) in [5.41, 5.74) is 5.48. The maximum atomic E-state index is 11.9. The fourth-order valence-corrected chi connectivity index (χ4v) is 0.679. The van der Waals surface area contributed by atoms with Gasteiger partial charge in [0.25, 0.3) is 0 Å². The quantitative estimate of drug-likeness (QED) is 0.670. The van der Waals surface area contributed by atoms with Crippen LogP contribution >= 0.6 is 0 Å². The minimum absolute atomic E-state index is 0.0876. The molecule has 0 bridgehead atoms. The second-order valence-corrected chi connectivity index (χ2v) is 1.75.